The summed E-state index contributed by atoms with van der Waals surface area (Å²) >= 11 is 0. The molecule has 1 unspecified atom stereocenters. The second kappa shape index (κ2) is 6.05. The smallest absolute Gasteiger partial charge is 0.251 e. The Balaban J connectivity index is 2.18. The highest BCUT2D eigenvalue weighted by Crippen LogP contribution is 2.24. The Bertz CT molecular complexity index is 581. The zero-order chi connectivity index (χ0) is 14.5. The van der Waals surface area contributed by atoms with E-state index in [4.69, 9.17) is 5.73 Å². The van der Waals surface area contributed by atoms with Gasteiger partial charge in [-0.1, -0.05) is 0 Å². The van der Waals surface area contributed by atoms with E-state index in [0.717, 1.165) is 0 Å². The molecule has 0 saturated heterocycles. The van der Waals surface area contributed by atoms with Crippen molar-refractivity contribution in [3.63, 3.8) is 0 Å². The van der Waals surface area contributed by atoms with Crippen LogP contribution in [0.5, 0.6) is 0 Å². The molecule has 0 aliphatic rings. The topological polar surface area (TPSA) is 109 Å². The van der Waals surface area contributed by atoms with Gasteiger partial charge in [0, 0.05) is 12.1 Å². The van der Waals surface area contributed by atoms with E-state index in [0.29, 0.717) is 29.3 Å². The number of nitrogen functional groups attached to an aromatic ring is 1. The molecule has 1 amide bonds. The number of nitrogens with one attached hydrogen (secondary N) is 3. The molecule has 20 heavy (non-hydrogen) atoms. The van der Waals surface area contributed by atoms with E-state index in [1.54, 1.807) is 18.2 Å². The van der Waals surface area contributed by atoms with Gasteiger partial charge in [0.2, 0.25) is 0 Å². The molecule has 0 aliphatic heterocycles. The maximum absolute atomic E-state index is 11.8. The van der Waals surface area contributed by atoms with Crippen LogP contribution in [0.4, 0.5) is 11.4 Å². The Morgan fingerprint density at radius 2 is 2.30 bits per heavy atom. The van der Waals surface area contributed by atoms with Crippen molar-refractivity contribution in [1.29, 1.82) is 0 Å². The Labute approximate surface area is 117 Å². The van der Waals surface area contributed by atoms with Crippen molar-refractivity contribution in [2.24, 2.45) is 0 Å². The molecule has 7 nitrogen and oxygen atoms in total. The summed E-state index contributed by atoms with van der Waals surface area (Å²) in [5.41, 5.74) is 7.75. The van der Waals surface area contributed by atoms with E-state index in [1.807, 2.05) is 13.8 Å². The molecule has 1 atom stereocenters. The van der Waals surface area contributed by atoms with Crippen LogP contribution >= 0.6 is 0 Å². The molecule has 1 aromatic carbocycles. The van der Waals surface area contributed by atoms with E-state index in [9.17, 15) is 4.79 Å². The van der Waals surface area contributed by atoms with Crippen molar-refractivity contribution < 1.29 is 4.79 Å². The number of benzene rings is 1. The third kappa shape index (κ3) is 3.05. The highest BCUT2D eigenvalue weighted by Gasteiger charge is 2.12. The maximum atomic E-state index is 11.8. The van der Waals surface area contributed by atoms with Gasteiger partial charge in [0.05, 0.1) is 17.4 Å². The Morgan fingerprint density at radius 3 is 2.95 bits per heavy atom. The number of hydrogen-bond acceptors (Lipinski definition) is 5. The van der Waals surface area contributed by atoms with Gasteiger partial charge in [-0.05, 0) is 32.0 Å². The summed E-state index contributed by atoms with van der Waals surface area (Å²) in [6.45, 7) is 4.39. The second-order valence-corrected chi connectivity index (χ2v) is 4.40. The number of anilines is 2. The number of carbonyl (C=O) groups is 1. The van der Waals surface area contributed by atoms with Gasteiger partial charge in [0.25, 0.3) is 5.91 Å². The average molecular weight is 274 g/mol. The lowest BCUT2D eigenvalue weighted by Crippen LogP contribution is -2.23. The van der Waals surface area contributed by atoms with Gasteiger partial charge in [-0.3, -0.25) is 9.89 Å². The molecule has 1 aromatic heterocycles. The summed E-state index contributed by atoms with van der Waals surface area (Å²) in [4.78, 5) is 15.9. The van der Waals surface area contributed by atoms with E-state index in [1.165, 1.54) is 6.33 Å². The fraction of sp³-hybridized carbons (Fsp3) is 0.308. The van der Waals surface area contributed by atoms with Crippen LogP contribution in [0.1, 0.15) is 36.1 Å². The van der Waals surface area contributed by atoms with Gasteiger partial charge >= 0.3 is 0 Å². The molecule has 0 fully saturated rings. The van der Waals surface area contributed by atoms with Crippen LogP contribution in [-0.4, -0.2) is 27.6 Å². The highest BCUT2D eigenvalue weighted by atomic mass is 16.1. The lowest BCUT2D eigenvalue weighted by Gasteiger charge is -2.15. The zero-order valence-electron chi connectivity index (χ0n) is 11.5. The van der Waals surface area contributed by atoms with Crippen molar-refractivity contribution in [2.75, 3.05) is 17.6 Å². The summed E-state index contributed by atoms with van der Waals surface area (Å²) in [5, 5.41) is 12.6. The fourth-order valence-electron chi connectivity index (χ4n) is 1.81. The number of amides is 1. The van der Waals surface area contributed by atoms with Gasteiger partial charge in [-0.2, -0.15) is 5.10 Å². The van der Waals surface area contributed by atoms with Crippen molar-refractivity contribution >= 4 is 17.3 Å². The van der Waals surface area contributed by atoms with Gasteiger partial charge in [-0.15, -0.1) is 0 Å². The van der Waals surface area contributed by atoms with Gasteiger partial charge in [-0.25, -0.2) is 4.98 Å². The van der Waals surface area contributed by atoms with Crippen LogP contribution in [0.2, 0.25) is 0 Å². The SMILES string of the molecule is CCNC(=O)c1ccc(N)c(NC(C)c2ncn[nH]2)c1. The Hall–Kier alpha value is -2.57. The maximum Gasteiger partial charge on any atom is 0.251 e. The highest BCUT2D eigenvalue weighted by molar-refractivity contribution is 5.96. The number of hydrogen-bond donors (Lipinski definition) is 4. The first-order chi connectivity index (χ1) is 9.61. The van der Waals surface area contributed by atoms with Crippen molar-refractivity contribution in [2.45, 2.75) is 19.9 Å². The van der Waals surface area contributed by atoms with Crippen LogP contribution in [-0.2, 0) is 0 Å². The summed E-state index contributed by atoms with van der Waals surface area (Å²) in [5.74, 6) is 0.579. The van der Waals surface area contributed by atoms with Crippen molar-refractivity contribution in [1.82, 2.24) is 20.5 Å². The fourth-order valence-corrected chi connectivity index (χ4v) is 1.81. The number of carbonyl (C=O) groups excluding carboxylic acids is 1. The molecule has 0 saturated carbocycles. The van der Waals surface area contributed by atoms with Gasteiger partial charge in [0.1, 0.15) is 12.2 Å². The second-order valence-electron chi connectivity index (χ2n) is 4.40. The first kappa shape index (κ1) is 13.9. The quantitative estimate of drug-likeness (QED) is 0.615. The molecule has 5 N–H and O–H groups in total. The minimum absolute atomic E-state index is 0.0933. The standard InChI is InChI=1S/C13H18N6O/c1-3-15-13(20)9-4-5-10(14)11(6-9)18-8(2)12-16-7-17-19-12/h4-8,18H,3,14H2,1-2H3,(H,15,20)(H,16,17,19). The van der Waals surface area contributed by atoms with Crippen LogP contribution in [0, 0.1) is 0 Å². The Morgan fingerprint density at radius 1 is 1.50 bits per heavy atom. The number of nitrogens with two attached hydrogens (primary N) is 1. The first-order valence-electron chi connectivity index (χ1n) is 6.41. The van der Waals surface area contributed by atoms with E-state index in [2.05, 4.69) is 25.8 Å². The van der Waals surface area contributed by atoms with Crippen LogP contribution in [0.15, 0.2) is 24.5 Å². The zero-order valence-corrected chi connectivity index (χ0v) is 11.5. The summed E-state index contributed by atoms with van der Waals surface area (Å²) in [6.07, 6.45) is 1.45. The molecule has 0 spiro atoms. The molecule has 0 radical (unpaired) electrons. The minimum atomic E-state index is -0.122. The molecular formula is C13H18N6O. The van der Waals surface area contributed by atoms with Crippen LogP contribution in [0.25, 0.3) is 0 Å². The molecule has 2 rings (SSSR count). The van der Waals surface area contributed by atoms with Crippen LogP contribution < -0.4 is 16.4 Å². The summed E-state index contributed by atoms with van der Waals surface area (Å²) in [7, 11) is 0. The number of rotatable bonds is 5. The molecule has 2 aromatic rings. The largest absolute Gasteiger partial charge is 0.397 e. The van der Waals surface area contributed by atoms with Crippen LogP contribution in [0.3, 0.4) is 0 Å². The monoisotopic (exact) mass is 274 g/mol. The molecule has 0 bridgehead atoms. The third-order valence-corrected chi connectivity index (χ3v) is 2.87. The number of aromatic nitrogens is 3. The number of aromatic amines is 1. The molecule has 106 valence electrons. The van der Waals surface area contributed by atoms with E-state index < -0.39 is 0 Å². The normalized spacial score (nSPS) is 11.9. The predicted octanol–water partition coefficient (Wildman–Crippen LogP) is 1.31. The first-order valence-corrected chi connectivity index (χ1v) is 6.41. The summed E-state index contributed by atoms with van der Waals surface area (Å²) in [6, 6.07) is 5.04. The number of nitrogens with zero attached hydrogens (tertiary/aromatic N) is 2. The van der Waals surface area contributed by atoms with Crippen molar-refractivity contribution in [3.05, 3.63) is 35.9 Å². The predicted molar refractivity (Wildman–Crippen MR) is 77.3 cm³/mol. The molecule has 7 heteroatoms. The van der Waals surface area contributed by atoms with Crippen molar-refractivity contribution in [3.8, 4) is 0 Å². The number of H-pyrrole nitrogens is 1. The third-order valence-electron chi connectivity index (χ3n) is 2.87. The summed E-state index contributed by atoms with van der Waals surface area (Å²) < 4.78 is 0. The minimum Gasteiger partial charge on any atom is -0.397 e. The van der Waals surface area contributed by atoms with E-state index >= 15 is 0 Å². The Kier molecular flexibility index (Phi) is 4.19. The lowest BCUT2D eigenvalue weighted by atomic mass is 10.1. The molecular weight excluding hydrogens is 256 g/mol. The average Bonchev–Trinajstić information content (AvgIpc) is 2.95. The van der Waals surface area contributed by atoms with E-state index in [-0.39, 0.29) is 11.9 Å². The van der Waals surface area contributed by atoms with Gasteiger partial charge in [0.15, 0.2) is 0 Å². The lowest BCUT2D eigenvalue weighted by molar-refractivity contribution is 0.0956. The molecule has 1 heterocycles. The molecule has 0 aliphatic carbocycles. The van der Waals surface area contributed by atoms with Gasteiger partial charge < -0.3 is 16.4 Å².